The number of nitro benzene ring substituents is 1. The van der Waals surface area contributed by atoms with Crippen molar-refractivity contribution in [3.63, 3.8) is 0 Å². The number of benzene rings is 1. The average molecular weight is 330 g/mol. The molecule has 0 aliphatic heterocycles. The van der Waals surface area contributed by atoms with Crippen LogP contribution in [0.4, 0.5) is 5.69 Å². The van der Waals surface area contributed by atoms with Gasteiger partial charge in [0.15, 0.2) is 0 Å². The van der Waals surface area contributed by atoms with Crippen LogP contribution in [0.1, 0.15) is 0 Å². The Labute approximate surface area is 116 Å². The molecule has 0 saturated heterocycles. The lowest BCUT2D eigenvalue weighted by Gasteiger charge is -2.06. The highest BCUT2D eigenvalue weighted by atomic mass is 79.9. The highest BCUT2D eigenvalue weighted by molar-refractivity contribution is 9.10. The lowest BCUT2D eigenvalue weighted by molar-refractivity contribution is -0.385. The first-order valence-electron chi connectivity index (χ1n) is 4.79. The zero-order chi connectivity index (χ0) is 13.1. The van der Waals surface area contributed by atoms with E-state index >= 15 is 0 Å². The first-order valence-corrected chi connectivity index (χ1v) is 5.96. The van der Waals surface area contributed by atoms with E-state index in [0.29, 0.717) is 16.0 Å². The number of nitro groups is 1. The van der Waals surface area contributed by atoms with Crippen LogP contribution in [0, 0.1) is 10.1 Å². The number of aromatic nitrogens is 1. The molecule has 92 valence electrons. The van der Waals surface area contributed by atoms with Crippen molar-refractivity contribution in [3.8, 4) is 11.5 Å². The van der Waals surface area contributed by atoms with E-state index in [-0.39, 0.29) is 10.8 Å². The third kappa shape index (κ3) is 3.18. The van der Waals surface area contributed by atoms with Gasteiger partial charge in [0.1, 0.15) is 16.7 Å². The minimum atomic E-state index is -0.489. The maximum atomic E-state index is 10.7. The highest BCUT2D eigenvalue weighted by Gasteiger charge is 2.10. The smallest absolute Gasteiger partial charge is 0.274 e. The molecule has 1 heterocycles. The first kappa shape index (κ1) is 12.8. The summed E-state index contributed by atoms with van der Waals surface area (Å²) in [6, 6.07) is 7.49. The van der Waals surface area contributed by atoms with Gasteiger partial charge in [-0.3, -0.25) is 10.1 Å². The Morgan fingerprint density at radius 1 is 1.28 bits per heavy atom. The maximum absolute atomic E-state index is 10.7. The Morgan fingerprint density at radius 2 is 2.06 bits per heavy atom. The van der Waals surface area contributed by atoms with Crippen molar-refractivity contribution in [1.29, 1.82) is 0 Å². The Morgan fingerprint density at radius 3 is 2.72 bits per heavy atom. The fraction of sp³-hybridized carbons (Fsp3) is 0. The van der Waals surface area contributed by atoms with Crippen molar-refractivity contribution < 1.29 is 9.66 Å². The Kier molecular flexibility index (Phi) is 3.78. The Hall–Kier alpha value is -1.66. The summed E-state index contributed by atoms with van der Waals surface area (Å²) < 4.78 is 6.03. The zero-order valence-electron chi connectivity index (χ0n) is 8.84. The third-order valence-electron chi connectivity index (χ3n) is 2.00. The van der Waals surface area contributed by atoms with Gasteiger partial charge >= 0.3 is 0 Å². The maximum Gasteiger partial charge on any atom is 0.274 e. The quantitative estimate of drug-likeness (QED) is 0.481. The topological polar surface area (TPSA) is 65.3 Å². The van der Waals surface area contributed by atoms with Crippen LogP contribution in [-0.4, -0.2) is 9.91 Å². The van der Waals surface area contributed by atoms with E-state index in [9.17, 15) is 10.1 Å². The van der Waals surface area contributed by atoms with Crippen LogP contribution in [0.5, 0.6) is 11.5 Å². The largest absolute Gasteiger partial charge is 0.457 e. The molecular formula is C11H6BrClN2O3. The summed E-state index contributed by atoms with van der Waals surface area (Å²) in [5.74, 6) is 0.806. The number of ether oxygens (including phenoxy) is 1. The number of nitrogens with zero attached hydrogens (tertiary/aromatic N) is 2. The van der Waals surface area contributed by atoms with Crippen molar-refractivity contribution in [2.45, 2.75) is 0 Å². The van der Waals surface area contributed by atoms with Gasteiger partial charge in [0.2, 0.25) is 0 Å². The molecule has 1 aromatic heterocycles. The van der Waals surface area contributed by atoms with E-state index in [0.717, 1.165) is 0 Å². The highest BCUT2D eigenvalue weighted by Crippen LogP contribution is 2.30. The molecule has 0 saturated carbocycles. The number of rotatable bonds is 3. The summed E-state index contributed by atoms with van der Waals surface area (Å²) in [7, 11) is 0. The fourth-order valence-corrected chi connectivity index (χ4v) is 1.92. The van der Waals surface area contributed by atoms with Crippen LogP contribution in [0.15, 0.2) is 41.0 Å². The molecule has 0 fully saturated rings. The van der Waals surface area contributed by atoms with Crippen molar-refractivity contribution in [1.82, 2.24) is 4.98 Å². The van der Waals surface area contributed by atoms with Gasteiger partial charge in [0.05, 0.1) is 11.0 Å². The van der Waals surface area contributed by atoms with Gasteiger partial charge in [-0.2, -0.15) is 0 Å². The molecule has 5 nitrogen and oxygen atoms in total. The number of hydrogen-bond acceptors (Lipinski definition) is 4. The lowest BCUT2D eigenvalue weighted by atomic mass is 10.3. The van der Waals surface area contributed by atoms with Crippen molar-refractivity contribution in [2.75, 3.05) is 0 Å². The minimum Gasteiger partial charge on any atom is -0.457 e. The van der Waals surface area contributed by atoms with Gasteiger partial charge in [0, 0.05) is 22.8 Å². The molecule has 18 heavy (non-hydrogen) atoms. The molecule has 0 aliphatic rings. The number of pyridine rings is 1. The molecule has 0 aliphatic carbocycles. The van der Waals surface area contributed by atoms with Crippen LogP contribution >= 0.6 is 27.5 Å². The van der Waals surface area contributed by atoms with Crippen molar-refractivity contribution >= 4 is 33.2 Å². The van der Waals surface area contributed by atoms with E-state index < -0.39 is 4.92 Å². The third-order valence-corrected chi connectivity index (χ3v) is 2.67. The monoisotopic (exact) mass is 328 g/mol. The second-order valence-electron chi connectivity index (χ2n) is 3.32. The summed E-state index contributed by atoms with van der Waals surface area (Å²) in [5.41, 5.74) is -0.0560. The molecule has 0 unspecified atom stereocenters. The molecule has 0 N–H and O–H groups in total. The van der Waals surface area contributed by atoms with E-state index in [2.05, 4.69) is 20.9 Å². The Bertz CT molecular complexity index is 607. The molecule has 0 atom stereocenters. The van der Waals surface area contributed by atoms with Crippen LogP contribution in [0.3, 0.4) is 0 Å². The molecule has 0 amide bonds. The number of halogens is 2. The van der Waals surface area contributed by atoms with E-state index in [1.54, 1.807) is 12.1 Å². The normalized spacial score (nSPS) is 10.1. The van der Waals surface area contributed by atoms with Crippen molar-refractivity contribution in [2.24, 2.45) is 0 Å². The van der Waals surface area contributed by atoms with Gasteiger partial charge < -0.3 is 4.74 Å². The van der Waals surface area contributed by atoms with Crippen molar-refractivity contribution in [3.05, 3.63) is 56.3 Å². The van der Waals surface area contributed by atoms with Crippen LogP contribution in [-0.2, 0) is 0 Å². The van der Waals surface area contributed by atoms with Crippen LogP contribution in [0.2, 0.25) is 5.15 Å². The number of non-ortho nitro benzene ring substituents is 1. The predicted molar refractivity (Wildman–Crippen MR) is 70.1 cm³/mol. The van der Waals surface area contributed by atoms with E-state index in [4.69, 9.17) is 16.3 Å². The predicted octanol–water partition coefficient (Wildman–Crippen LogP) is 4.20. The zero-order valence-corrected chi connectivity index (χ0v) is 11.2. The summed E-state index contributed by atoms with van der Waals surface area (Å²) in [6.45, 7) is 0. The van der Waals surface area contributed by atoms with Gasteiger partial charge in [0.25, 0.3) is 5.69 Å². The lowest BCUT2D eigenvalue weighted by Crippen LogP contribution is -1.90. The molecular weight excluding hydrogens is 323 g/mol. The van der Waals surface area contributed by atoms with Gasteiger partial charge in [-0.15, -0.1) is 0 Å². The molecule has 1 aromatic carbocycles. The summed E-state index contributed by atoms with van der Waals surface area (Å²) in [5, 5.41) is 11.0. The van der Waals surface area contributed by atoms with Gasteiger partial charge in [-0.05, 0) is 12.1 Å². The summed E-state index contributed by atoms with van der Waals surface area (Å²) >= 11 is 8.90. The SMILES string of the molecule is O=[N+]([O-])c1cc(Br)cc(Oc2ccnc(Cl)c2)c1. The van der Waals surface area contributed by atoms with Gasteiger partial charge in [-0.25, -0.2) is 4.98 Å². The Balaban J connectivity index is 2.31. The average Bonchev–Trinajstić information content (AvgIpc) is 2.28. The van der Waals surface area contributed by atoms with E-state index in [1.165, 1.54) is 24.4 Å². The number of hydrogen-bond donors (Lipinski definition) is 0. The standard InChI is InChI=1S/C11H6BrClN2O3/c12-7-3-8(15(16)17)5-10(4-7)18-9-1-2-14-11(13)6-9/h1-6H. The second kappa shape index (κ2) is 5.32. The molecule has 0 radical (unpaired) electrons. The molecule has 0 bridgehead atoms. The molecule has 2 aromatic rings. The molecule has 7 heteroatoms. The first-order chi connectivity index (χ1) is 8.54. The van der Waals surface area contributed by atoms with Crippen LogP contribution < -0.4 is 4.74 Å². The van der Waals surface area contributed by atoms with Crippen LogP contribution in [0.25, 0.3) is 0 Å². The second-order valence-corrected chi connectivity index (χ2v) is 4.62. The summed E-state index contributed by atoms with van der Waals surface area (Å²) in [4.78, 5) is 14.0. The fourth-order valence-electron chi connectivity index (χ4n) is 1.30. The summed E-state index contributed by atoms with van der Waals surface area (Å²) in [6.07, 6.45) is 1.49. The minimum absolute atomic E-state index is 0.0560. The molecule has 0 spiro atoms. The molecule has 2 rings (SSSR count). The van der Waals surface area contributed by atoms with E-state index in [1.807, 2.05) is 0 Å². The van der Waals surface area contributed by atoms with Gasteiger partial charge in [-0.1, -0.05) is 27.5 Å².